The Kier molecular flexibility index (Phi) is 8.13. The van der Waals surface area contributed by atoms with Crippen LogP contribution in [0.5, 0.6) is 5.75 Å². The van der Waals surface area contributed by atoms with Crippen molar-refractivity contribution in [2.45, 2.75) is 51.8 Å². The van der Waals surface area contributed by atoms with Crippen LogP contribution in [-0.4, -0.2) is 64.6 Å². The van der Waals surface area contributed by atoms with Crippen LogP contribution in [0.15, 0.2) is 48.5 Å². The number of aromatic nitrogens is 3. The number of amides is 2. The molecule has 0 unspecified atom stereocenters. The minimum Gasteiger partial charge on any atom is -0.444 e. The summed E-state index contributed by atoms with van der Waals surface area (Å²) in [6.45, 7) is 7.40. The summed E-state index contributed by atoms with van der Waals surface area (Å²) in [5.74, 6) is -0.651. The van der Waals surface area contributed by atoms with Gasteiger partial charge in [-0.3, -0.25) is 9.36 Å². The summed E-state index contributed by atoms with van der Waals surface area (Å²) in [6, 6.07) is 11.9. The Labute approximate surface area is 262 Å². The zero-order valence-electron chi connectivity index (χ0n) is 25.5. The van der Waals surface area contributed by atoms with Gasteiger partial charge in [-0.1, -0.05) is 12.1 Å². The molecule has 0 atom stereocenters. The Morgan fingerprint density at radius 2 is 1.74 bits per heavy atom. The van der Waals surface area contributed by atoms with Crippen LogP contribution < -0.4 is 14.8 Å². The van der Waals surface area contributed by atoms with Gasteiger partial charge in [-0.15, -0.1) is 0 Å². The number of carbonyl (C=O) groups is 2. The van der Waals surface area contributed by atoms with Crippen molar-refractivity contribution < 1.29 is 40.1 Å². The number of rotatable bonds is 6. The second kappa shape index (κ2) is 11.5. The Hall–Kier alpha value is -4.86. The summed E-state index contributed by atoms with van der Waals surface area (Å²) < 4.78 is 74.1. The van der Waals surface area contributed by atoms with Gasteiger partial charge in [0.2, 0.25) is 11.9 Å². The normalized spacial score (nSPS) is 13.8. The van der Waals surface area contributed by atoms with Crippen molar-refractivity contribution in [1.29, 1.82) is 0 Å². The monoisotopic (exact) mass is 660 g/mol. The number of benzene rings is 2. The molecule has 12 nitrogen and oxygen atoms in total. The lowest BCUT2D eigenvalue weighted by Crippen LogP contribution is -2.41. The third kappa shape index (κ3) is 6.29. The highest BCUT2D eigenvalue weighted by Crippen LogP contribution is 2.36. The number of hydrogen-bond donors (Lipinski definition) is 1. The zero-order chi connectivity index (χ0) is 33.8. The van der Waals surface area contributed by atoms with Gasteiger partial charge in [0.1, 0.15) is 17.2 Å². The molecule has 5 rings (SSSR count). The first-order valence-corrected chi connectivity index (χ1v) is 15.4. The maximum atomic E-state index is 13.0. The molecule has 46 heavy (non-hydrogen) atoms. The Morgan fingerprint density at radius 3 is 2.39 bits per heavy atom. The highest BCUT2D eigenvalue weighted by atomic mass is 32.2. The van der Waals surface area contributed by atoms with Crippen LogP contribution >= 0.6 is 0 Å². The number of primary amides is 1. The third-order valence-electron chi connectivity index (χ3n) is 7.19. The highest BCUT2D eigenvalue weighted by Gasteiger charge is 2.48. The smallest absolute Gasteiger partial charge is 0.444 e. The van der Waals surface area contributed by atoms with E-state index in [1.54, 1.807) is 56.7 Å². The van der Waals surface area contributed by atoms with E-state index in [0.717, 1.165) is 12.1 Å². The van der Waals surface area contributed by atoms with Crippen molar-refractivity contribution in [3.8, 4) is 11.7 Å². The summed E-state index contributed by atoms with van der Waals surface area (Å²) in [5, 5.41) is 0.593. The Bertz CT molecular complexity index is 1970. The maximum Gasteiger partial charge on any atom is 0.534 e. The Morgan fingerprint density at radius 1 is 1.04 bits per heavy atom. The Balaban J connectivity index is 1.65. The number of fused-ring (bicyclic) bond motifs is 2. The standard InChI is InChI=1S/C30H31F3N6O6S/c1-17-14-21-20(25(34)40)10-7-11-24(21)39(17)27-35-23-12-13-38(28(41)44-29(2,3)4)16-22(23)26(36-27)37(5)18-8-6-9-19(15-18)45-46(42,43)30(31,32)33/h6-11,14-15H,12-13,16H2,1-5H3,(H2,34,40). The third-order valence-corrected chi connectivity index (χ3v) is 8.16. The van der Waals surface area contributed by atoms with Gasteiger partial charge in [0.15, 0.2) is 0 Å². The van der Waals surface area contributed by atoms with E-state index in [-0.39, 0.29) is 30.5 Å². The number of ether oxygens (including phenoxy) is 1. The number of aryl methyl sites for hydroxylation is 1. The number of hydrogen-bond acceptors (Lipinski definition) is 9. The van der Waals surface area contributed by atoms with Crippen molar-refractivity contribution in [2.24, 2.45) is 5.73 Å². The van der Waals surface area contributed by atoms with Gasteiger partial charge in [0.25, 0.3) is 0 Å². The van der Waals surface area contributed by atoms with Crippen molar-refractivity contribution in [1.82, 2.24) is 19.4 Å². The van der Waals surface area contributed by atoms with Crippen LogP contribution in [0.1, 0.15) is 48.1 Å². The van der Waals surface area contributed by atoms with E-state index in [0.29, 0.717) is 39.8 Å². The lowest BCUT2D eigenvalue weighted by molar-refractivity contribution is -0.0500. The van der Waals surface area contributed by atoms with Gasteiger partial charge < -0.3 is 24.5 Å². The molecule has 1 aliphatic rings. The molecule has 2 N–H and O–H groups in total. The molecular formula is C30H31F3N6O6S. The van der Waals surface area contributed by atoms with E-state index >= 15 is 0 Å². The van der Waals surface area contributed by atoms with Crippen LogP contribution in [0.3, 0.4) is 0 Å². The van der Waals surface area contributed by atoms with E-state index < -0.39 is 39.0 Å². The molecule has 0 saturated heterocycles. The summed E-state index contributed by atoms with van der Waals surface area (Å²) in [7, 11) is -4.33. The second-order valence-corrected chi connectivity index (χ2v) is 13.2. The summed E-state index contributed by atoms with van der Waals surface area (Å²) in [5.41, 5.74) is 2.25. The number of nitrogens with two attached hydrogens (primary N) is 1. The topological polar surface area (TPSA) is 150 Å². The average molecular weight is 661 g/mol. The van der Waals surface area contributed by atoms with Crippen LogP contribution in [-0.2, 0) is 27.8 Å². The van der Waals surface area contributed by atoms with E-state index in [1.807, 2.05) is 6.92 Å². The molecular weight excluding hydrogens is 629 g/mol. The number of carbonyl (C=O) groups excluding carboxylic acids is 2. The largest absolute Gasteiger partial charge is 0.534 e. The first-order chi connectivity index (χ1) is 21.4. The van der Waals surface area contributed by atoms with Crippen LogP contribution in [0.2, 0.25) is 0 Å². The van der Waals surface area contributed by atoms with Crippen LogP contribution in [0.4, 0.5) is 29.5 Å². The van der Waals surface area contributed by atoms with Crippen molar-refractivity contribution in [2.75, 3.05) is 18.5 Å². The molecule has 0 bridgehead atoms. The van der Waals surface area contributed by atoms with Gasteiger partial charge in [-0.25, -0.2) is 9.78 Å². The SMILES string of the molecule is Cc1cc2c(C(N)=O)cccc2n1-c1nc2c(c(N(C)c3cccc(OS(=O)(=O)C(F)(F)F)c3)n1)CN(C(=O)OC(C)(C)C)CC2. The number of halogens is 3. The summed E-state index contributed by atoms with van der Waals surface area (Å²) >= 11 is 0. The van der Waals surface area contributed by atoms with Crippen molar-refractivity contribution >= 4 is 44.5 Å². The van der Waals surface area contributed by atoms with E-state index in [1.165, 1.54) is 21.9 Å². The maximum absolute atomic E-state index is 13.0. The molecule has 0 aliphatic carbocycles. The molecule has 0 fully saturated rings. The molecule has 2 aromatic carbocycles. The fourth-order valence-electron chi connectivity index (χ4n) is 5.13. The van der Waals surface area contributed by atoms with E-state index in [9.17, 15) is 31.2 Å². The quantitative estimate of drug-likeness (QED) is 0.220. The molecule has 3 heterocycles. The van der Waals surface area contributed by atoms with Crippen molar-refractivity contribution in [3.05, 3.63) is 71.0 Å². The molecule has 1 aliphatic heterocycles. The predicted molar refractivity (Wildman–Crippen MR) is 163 cm³/mol. The molecule has 16 heteroatoms. The minimum atomic E-state index is -5.91. The molecule has 4 aromatic rings. The number of anilines is 2. The summed E-state index contributed by atoms with van der Waals surface area (Å²) in [4.78, 5) is 37.9. The second-order valence-electron chi connectivity index (χ2n) is 11.7. The molecule has 0 spiro atoms. The first kappa shape index (κ1) is 32.5. The molecule has 0 radical (unpaired) electrons. The van der Waals surface area contributed by atoms with E-state index in [2.05, 4.69) is 4.18 Å². The number of nitrogens with zero attached hydrogens (tertiary/aromatic N) is 5. The van der Waals surface area contributed by atoms with Gasteiger partial charge in [-0.05, 0) is 58.0 Å². The average Bonchev–Trinajstić information content (AvgIpc) is 3.30. The van der Waals surface area contributed by atoms with Crippen LogP contribution in [0, 0.1) is 6.92 Å². The van der Waals surface area contributed by atoms with Gasteiger partial charge >= 0.3 is 21.7 Å². The molecule has 2 aromatic heterocycles. The predicted octanol–water partition coefficient (Wildman–Crippen LogP) is 5.12. The minimum absolute atomic E-state index is 0.0556. The zero-order valence-corrected chi connectivity index (χ0v) is 26.4. The van der Waals surface area contributed by atoms with Crippen LogP contribution in [0.25, 0.3) is 16.9 Å². The summed E-state index contributed by atoms with van der Waals surface area (Å²) in [6.07, 6.45) is -0.224. The van der Waals surface area contributed by atoms with Gasteiger partial charge in [0, 0.05) is 54.0 Å². The first-order valence-electron chi connectivity index (χ1n) is 14.0. The van der Waals surface area contributed by atoms with Gasteiger partial charge in [-0.2, -0.15) is 26.6 Å². The molecule has 0 saturated carbocycles. The lowest BCUT2D eigenvalue weighted by atomic mass is 10.1. The number of alkyl halides is 3. The van der Waals surface area contributed by atoms with Crippen molar-refractivity contribution in [3.63, 3.8) is 0 Å². The molecule has 244 valence electrons. The van der Waals surface area contributed by atoms with E-state index in [4.69, 9.17) is 20.4 Å². The highest BCUT2D eigenvalue weighted by molar-refractivity contribution is 7.88. The molecule has 2 amide bonds. The fourth-order valence-corrected chi connectivity index (χ4v) is 5.58. The van der Waals surface area contributed by atoms with Gasteiger partial charge in [0.05, 0.1) is 17.8 Å². The fraction of sp³-hybridized carbons (Fsp3) is 0.333. The lowest BCUT2D eigenvalue weighted by Gasteiger charge is -2.33.